The number of alkyl halides is 2. The van der Waals surface area contributed by atoms with Crippen LogP contribution in [0.15, 0.2) is 30.3 Å². The van der Waals surface area contributed by atoms with Crippen LogP contribution in [0.5, 0.6) is 0 Å². The molecular formula is C26H28ClF3N6. The summed E-state index contributed by atoms with van der Waals surface area (Å²) in [6.07, 6.45) is 1.32. The molecule has 2 aliphatic heterocycles. The lowest BCUT2D eigenvalue weighted by atomic mass is 9.73. The van der Waals surface area contributed by atoms with Crippen molar-refractivity contribution < 1.29 is 13.2 Å². The summed E-state index contributed by atoms with van der Waals surface area (Å²) in [5.74, 6) is -0.612. The number of aryl methyl sites for hydroxylation is 1. The van der Waals surface area contributed by atoms with Crippen molar-refractivity contribution in [3.05, 3.63) is 64.1 Å². The van der Waals surface area contributed by atoms with E-state index >= 15 is 0 Å². The number of pyridine rings is 1. The van der Waals surface area contributed by atoms with Crippen LogP contribution in [0.3, 0.4) is 0 Å². The number of anilines is 1. The van der Waals surface area contributed by atoms with Crippen molar-refractivity contribution in [2.24, 2.45) is 0 Å². The molecule has 0 N–H and O–H groups in total. The molecule has 6 nitrogen and oxygen atoms in total. The number of hydrogen-bond acceptors (Lipinski definition) is 5. The van der Waals surface area contributed by atoms with Crippen molar-refractivity contribution in [3.63, 3.8) is 0 Å². The van der Waals surface area contributed by atoms with Crippen LogP contribution in [0.2, 0.25) is 5.02 Å². The van der Waals surface area contributed by atoms with Gasteiger partial charge in [0.2, 0.25) is 5.95 Å². The Morgan fingerprint density at radius 2 is 1.78 bits per heavy atom. The van der Waals surface area contributed by atoms with E-state index in [4.69, 9.17) is 11.6 Å². The lowest BCUT2D eigenvalue weighted by Gasteiger charge is -2.51. The number of halogens is 4. The fourth-order valence-corrected chi connectivity index (χ4v) is 6.19. The zero-order valence-electron chi connectivity index (χ0n) is 20.3. The van der Waals surface area contributed by atoms with Gasteiger partial charge < -0.3 is 4.90 Å². The fourth-order valence-electron chi connectivity index (χ4n) is 6.00. The molecule has 0 spiro atoms. The Morgan fingerprint density at radius 3 is 2.47 bits per heavy atom. The van der Waals surface area contributed by atoms with Crippen molar-refractivity contribution in [1.82, 2.24) is 24.6 Å². The van der Waals surface area contributed by atoms with Gasteiger partial charge in [-0.15, -0.1) is 10.2 Å². The van der Waals surface area contributed by atoms with Crippen LogP contribution in [-0.4, -0.2) is 49.2 Å². The number of benzene rings is 1. The largest absolute Gasteiger partial charge is 0.356 e. The highest BCUT2D eigenvalue weighted by atomic mass is 35.5. The fraction of sp³-hybridized carbons (Fsp3) is 0.500. The maximum Gasteiger partial charge on any atom is 0.251 e. The monoisotopic (exact) mass is 516 g/mol. The molecule has 0 amide bonds. The standard InChI is InChI=1S/C26H28ClF3N6/c1-16-3-6-21(31-23(16)28)34-9-7-17(8-10-34)24-33-32-22-13-35(25(2)14-26(29,30)15-25)12-18-11-19(27)4-5-20(18)36(22)24/h3-6,11,17H,7-10,12-15H2,1-2H3. The SMILES string of the molecule is Cc1ccc(N2CCC(c3nnc4n3-c3ccc(Cl)cc3CN(C3(C)CC(F)(F)C3)C4)CC2)nc1F. The number of nitrogens with zero attached hydrogens (tertiary/aromatic N) is 6. The lowest BCUT2D eigenvalue weighted by Crippen LogP contribution is -2.59. The van der Waals surface area contributed by atoms with Crippen LogP contribution >= 0.6 is 11.6 Å². The molecule has 1 saturated heterocycles. The molecule has 0 unspecified atom stereocenters. The van der Waals surface area contributed by atoms with Crippen molar-refractivity contribution in [2.75, 3.05) is 18.0 Å². The molecule has 1 aliphatic carbocycles. The van der Waals surface area contributed by atoms with E-state index in [9.17, 15) is 13.2 Å². The van der Waals surface area contributed by atoms with Crippen LogP contribution in [0.4, 0.5) is 19.0 Å². The van der Waals surface area contributed by atoms with E-state index < -0.39 is 17.4 Å². The topological polar surface area (TPSA) is 50.1 Å². The molecule has 2 aromatic heterocycles. The molecule has 0 radical (unpaired) electrons. The average Bonchev–Trinajstić information content (AvgIpc) is 3.15. The van der Waals surface area contributed by atoms with Gasteiger partial charge in [0.15, 0.2) is 5.82 Å². The van der Waals surface area contributed by atoms with E-state index in [1.54, 1.807) is 13.0 Å². The lowest BCUT2D eigenvalue weighted by molar-refractivity contribution is -0.173. The third-order valence-electron chi connectivity index (χ3n) is 7.98. The number of hydrogen-bond donors (Lipinski definition) is 0. The second-order valence-corrected chi connectivity index (χ2v) is 11.1. The van der Waals surface area contributed by atoms with E-state index in [0.29, 0.717) is 29.5 Å². The van der Waals surface area contributed by atoms with Crippen LogP contribution < -0.4 is 4.90 Å². The highest BCUT2D eigenvalue weighted by Crippen LogP contribution is 2.50. The minimum atomic E-state index is -2.62. The van der Waals surface area contributed by atoms with Crippen LogP contribution in [0.1, 0.15) is 61.3 Å². The Labute approximate surface area is 213 Å². The maximum absolute atomic E-state index is 14.0. The van der Waals surface area contributed by atoms with Gasteiger partial charge in [0.25, 0.3) is 5.92 Å². The smallest absolute Gasteiger partial charge is 0.251 e. The molecule has 2 fully saturated rings. The summed E-state index contributed by atoms with van der Waals surface area (Å²) >= 11 is 6.35. The molecule has 3 aromatic rings. The van der Waals surface area contributed by atoms with Crippen molar-refractivity contribution in [3.8, 4) is 5.69 Å². The Hall–Kier alpha value is -2.65. The third-order valence-corrected chi connectivity index (χ3v) is 8.21. The number of aromatic nitrogens is 4. The van der Waals surface area contributed by atoms with E-state index in [1.165, 1.54) is 0 Å². The quantitative estimate of drug-likeness (QED) is 0.421. The predicted molar refractivity (Wildman–Crippen MR) is 131 cm³/mol. The summed E-state index contributed by atoms with van der Waals surface area (Å²) in [5, 5.41) is 9.77. The molecule has 190 valence electrons. The average molecular weight is 517 g/mol. The third kappa shape index (κ3) is 4.06. The number of piperidine rings is 1. The summed E-state index contributed by atoms with van der Waals surface area (Å²) < 4.78 is 43.9. The highest BCUT2D eigenvalue weighted by molar-refractivity contribution is 6.30. The van der Waals surface area contributed by atoms with Gasteiger partial charge in [0.1, 0.15) is 11.6 Å². The molecule has 0 bridgehead atoms. The minimum Gasteiger partial charge on any atom is -0.356 e. The van der Waals surface area contributed by atoms with Gasteiger partial charge in [-0.25, -0.2) is 13.8 Å². The molecule has 1 aromatic carbocycles. The summed E-state index contributed by atoms with van der Waals surface area (Å²) in [7, 11) is 0. The van der Waals surface area contributed by atoms with Crippen LogP contribution in [0.25, 0.3) is 5.69 Å². The van der Waals surface area contributed by atoms with Gasteiger partial charge in [0.05, 0.1) is 12.2 Å². The van der Waals surface area contributed by atoms with Crippen molar-refractivity contribution >= 4 is 17.4 Å². The van der Waals surface area contributed by atoms with Crippen molar-refractivity contribution in [1.29, 1.82) is 0 Å². The zero-order chi connectivity index (χ0) is 25.2. The molecule has 10 heteroatoms. The first kappa shape index (κ1) is 23.7. The van der Waals surface area contributed by atoms with Crippen LogP contribution in [-0.2, 0) is 13.1 Å². The summed E-state index contributed by atoms with van der Waals surface area (Å²) in [5.41, 5.74) is 1.87. The molecule has 0 atom stereocenters. The van der Waals surface area contributed by atoms with Gasteiger partial charge in [0, 0.05) is 54.5 Å². The molecule has 3 aliphatic rings. The zero-order valence-corrected chi connectivity index (χ0v) is 21.1. The summed E-state index contributed by atoms with van der Waals surface area (Å²) in [6.45, 7) is 6.04. The van der Waals surface area contributed by atoms with Crippen molar-refractivity contribution in [2.45, 2.75) is 70.0 Å². The van der Waals surface area contributed by atoms with Gasteiger partial charge in [-0.05, 0) is 56.5 Å². The Morgan fingerprint density at radius 1 is 1.03 bits per heavy atom. The van der Waals surface area contributed by atoms with E-state index in [1.807, 2.05) is 31.2 Å². The summed E-state index contributed by atoms with van der Waals surface area (Å²) in [6, 6.07) is 9.37. The first-order chi connectivity index (χ1) is 17.1. The van der Waals surface area contributed by atoms with Crippen LogP contribution in [0, 0.1) is 12.9 Å². The Kier molecular flexibility index (Phi) is 5.57. The number of fused-ring (bicyclic) bond motifs is 3. The van der Waals surface area contributed by atoms with Gasteiger partial charge in [-0.1, -0.05) is 17.7 Å². The molecule has 6 rings (SSSR count). The van der Waals surface area contributed by atoms with Gasteiger partial charge >= 0.3 is 0 Å². The van der Waals surface area contributed by atoms with Gasteiger partial charge in [-0.3, -0.25) is 9.47 Å². The first-order valence-electron chi connectivity index (χ1n) is 12.4. The molecule has 4 heterocycles. The maximum atomic E-state index is 14.0. The molecule has 36 heavy (non-hydrogen) atoms. The predicted octanol–water partition coefficient (Wildman–Crippen LogP) is 5.65. The Balaban J connectivity index is 1.29. The first-order valence-corrected chi connectivity index (χ1v) is 12.7. The summed E-state index contributed by atoms with van der Waals surface area (Å²) in [4.78, 5) is 8.31. The van der Waals surface area contributed by atoms with E-state index in [-0.39, 0.29) is 18.8 Å². The van der Waals surface area contributed by atoms with E-state index in [0.717, 1.165) is 48.8 Å². The Bertz CT molecular complexity index is 1310. The second-order valence-electron chi connectivity index (χ2n) is 10.7. The van der Waals surface area contributed by atoms with Gasteiger partial charge in [-0.2, -0.15) is 4.39 Å². The minimum absolute atomic E-state index is 0.163. The highest BCUT2D eigenvalue weighted by Gasteiger charge is 2.57. The van der Waals surface area contributed by atoms with E-state index in [2.05, 4.69) is 29.5 Å². The molecular weight excluding hydrogens is 489 g/mol. The normalized spacial score (nSPS) is 21.4. The second kappa shape index (κ2) is 8.45. The number of rotatable bonds is 3. The molecule has 1 saturated carbocycles.